The number of carbonyl (C=O) groups is 1. The lowest BCUT2D eigenvalue weighted by molar-refractivity contribution is 0.0702. The predicted octanol–water partition coefficient (Wildman–Crippen LogP) is 3.16. The highest BCUT2D eigenvalue weighted by Gasteiger charge is 2.31. The second-order valence-electron chi connectivity index (χ2n) is 6.73. The van der Waals surface area contributed by atoms with Gasteiger partial charge in [0.05, 0.1) is 11.4 Å². The van der Waals surface area contributed by atoms with E-state index in [1.807, 2.05) is 32.6 Å². The van der Waals surface area contributed by atoms with Crippen molar-refractivity contribution in [3.63, 3.8) is 0 Å². The highest BCUT2D eigenvalue weighted by Crippen LogP contribution is 2.29. The summed E-state index contributed by atoms with van der Waals surface area (Å²) in [5.74, 6) is 1.15. The van der Waals surface area contributed by atoms with Gasteiger partial charge in [0.2, 0.25) is 0 Å². The molecule has 3 rings (SSSR count). The molecule has 6 heteroatoms. The molecule has 2 aromatic heterocycles. The van der Waals surface area contributed by atoms with Gasteiger partial charge >= 0.3 is 0 Å². The fourth-order valence-corrected chi connectivity index (χ4v) is 3.25. The fourth-order valence-electron chi connectivity index (χ4n) is 3.25. The molecule has 1 atom stereocenters. The van der Waals surface area contributed by atoms with Crippen molar-refractivity contribution in [3.8, 4) is 0 Å². The smallest absolute Gasteiger partial charge is 0.259 e. The quantitative estimate of drug-likeness (QED) is 0.944. The van der Waals surface area contributed by atoms with Crippen LogP contribution < -0.4 is 0 Å². The number of piperidine rings is 1. The average Bonchev–Trinajstić information content (AvgIpc) is 3.13. The minimum Gasteiger partial charge on any atom is -0.360 e. The molecule has 6 nitrogen and oxygen atoms in total. The predicted molar refractivity (Wildman–Crippen MR) is 86.5 cm³/mol. The van der Waals surface area contributed by atoms with Crippen molar-refractivity contribution in [3.05, 3.63) is 34.5 Å². The van der Waals surface area contributed by atoms with Gasteiger partial charge in [-0.1, -0.05) is 19.0 Å². The molecule has 1 amide bonds. The van der Waals surface area contributed by atoms with Crippen LogP contribution in [0.5, 0.6) is 0 Å². The molecule has 0 aromatic carbocycles. The second kappa shape index (κ2) is 6.18. The van der Waals surface area contributed by atoms with Crippen molar-refractivity contribution in [2.24, 2.45) is 0 Å². The van der Waals surface area contributed by atoms with Gasteiger partial charge in [-0.3, -0.25) is 9.89 Å². The number of H-pyrrole nitrogens is 1. The molecule has 0 saturated carbocycles. The van der Waals surface area contributed by atoms with Crippen LogP contribution >= 0.6 is 0 Å². The van der Waals surface area contributed by atoms with Gasteiger partial charge in [-0.2, -0.15) is 5.10 Å². The van der Waals surface area contributed by atoms with Crippen LogP contribution in [0.25, 0.3) is 0 Å². The van der Waals surface area contributed by atoms with Crippen LogP contribution in [0, 0.1) is 13.8 Å². The molecule has 1 fully saturated rings. The number of hydrogen-bond acceptors (Lipinski definition) is 4. The zero-order valence-electron chi connectivity index (χ0n) is 14.2. The molecule has 1 saturated heterocycles. The van der Waals surface area contributed by atoms with Crippen LogP contribution in [-0.4, -0.2) is 39.3 Å². The highest BCUT2D eigenvalue weighted by molar-refractivity contribution is 5.96. The van der Waals surface area contributed by atoms with Crippen molar-refractivity contribution in [2.75, 3.05) is 13.1 Å². The average molecular weight is 316 g/mol. The first-order valence-corrected chi connectivity index (χ1v) is 8.24. The maximum atomic E-state index is 13.0. The van der Waals surface area contributed by atoms with Crippen molar-refractivity contribution in [1.82, 2.24) is 20.3 Å². The van der Waals surface area contributed by atoms with E-state index in [4.69, 9.17) is 4.52 Å². The lowest BCUT2D eigenvalue weighted by Crippen LogP contribution is -2.39. The maximum Gasteiger partial charge on any atom is 0.259 e. The Balaban J connectivity index is 1.81. The highest BCUT2D eigenvalue weighted by atomic mass is 16.5. The maximum absolute atomic E-state index is 13.0. The Kier molecular flexibility index (Phi) is 4.24. The summed E-state index contributed by atoms with van der Waals surface area (Å²) >= 11 is 0. The van der Waals surface area contributed by atoms with Gasteiger partial charge in [-0.15, -0.1) is 0 Å². The first-order chi connectivity index (χ1) is 11.0. The number of rotatable bonds is 3. The first kappa shape index (κ1) is 15.8. The number of amides is 1. The van der Waals surface area contributed by atoms with E-state index in [-0.39, 0.29) is 11.8 Å². The molecule has 0 bridgehead atoms. The monoisotopic (exact) mass is 316 g/mol. The Hall–Kier alpha value is -2.11. The molecule has 1 aliphatic rings. The lowest BCUT2D eigenvalue weighted by Gasteiger charge is -2.32. The van der Waals surface area contributed by atoms with E-state index in [0.29, 0.717) is 29.5 Å². The number of carbonyl (C=O) groups excluding carboxylic acids is 1. The van der Waals surface area contributed by atoms with E-state index in [1.54, 1.807) is 0 Å². The van der Waals surface area contributed by atoms with Crippen molar-refractivity contribution >= 4 is 5.91 Å². The summed E-state index contributed by atoms with van der Waals surface area (Å²) in [7, 11) is 0. The van der Waals surface area contributed by atoms with Gasteiger partial charge in [-0.25, -0.2) is 0 Å². The molecule has 124 valence electrons. The number of aromatic nitrogens is 3. The fraction of sp³-hybridized carbons (Fsp3) is 0.588. The summed E-state index contributed by atoms with van der Waals surface area (Å²) in [4.78, 5) is 14.9. The molecule has 0 aliphatic carbocycles. The van der Waals surface area contributed by atoms with Gasteiger partial charge < -0.3 is 9.42 Å². The van der Waals surface area contributed by atoms with Gasteiger partial charge in [0, 0.05) is 30.6 Å². The number of aromatic amines is 1. The van der Waals surface area contributed by atoms with Crippen molar-refractivity contribution < 1.29 is 9.32 Å². The topological polar surface area (TPSA) is 75.0 Å². The van der Waals surface area contributed by atoms with Crippen LogP contribution in [0.4, 0.5) is 0 Å². The van der Waals surface area contributed by atoms with Gasteiger partial charge in [0.1, 0.15) is 5.56 Å². The third kappa shape index (κ3) is 3.02. The normalized spacial score (nSPS) is 18.7. The Morgan fingerprint density at radius 1 is 1.43 bits per heavy atom. The minimum atomic E-state index is 0.0319. The summed E-state index contributed by atoms with van der Waals surface area (Å²) in [6, 6.07) is 2.07. The molecule has 0 radical (unpaired) electrons. The number of nitrogens with one attached hydrogen (secondary N) is 1. The Bertz CT molecular complexity index is 701. The van der Waals surface area contributed by atoms with Crippen LogP contribution in [0.3, 0.4) is 0 Å². The lowest BCUT2D eigenvalue weighted by atomic mass is 9.93. The van der Waals surface area contributed by atoms with E-state index in [9.17, 15) is 4.79 Å². The summed E-state index contributed by atoms with van der Waals surface area (Å²) in [6.07, 6.45) is 2.05. The minimum absolute atomic E-state index is 0.0319. The van der Waals surface area contributed by atoms with Gasteiger partial charge in [-0.05, 0) is 32.8 Å². The third-order valence-corrected chi connectivity index (χ3v) is 4.48. The summed E-state index contributed by atoms with van der Waals surface area (Å²) in [6.45, 7) is 9.34. The second-order valence-corrected chi connectivity index (χ2v) is 6.73. The molecule has 0 unspecified atom stereocenters. The summed E-state index contributed by atoms with van der Waals surface area (Å²) in [5, 5.41) is 11.4. The van der Waals surface area contributed by atoms with E-state index in [0.717, 1.165) is 30.8 Å². The van der Waals surface area contributed by atoms with E-state index in [1.165, 1.54) is 0 Å². The van der Waals surface area contributed by atoms with Gasteiger partial charge in [0.15, 0.2) is 5.76 Å². The largest absolute Gasteiger partial charge is 0.360 e. The van der Waals surface area contributed by atoms with Crippen LogP contribution in [0.15, 0.2) is 10.6 Å². The summed E-state index contributed by atoms with van der Waals surface area (Å²) < 4.78 is 5.37. The molecular weight excluding hydrogens is 292 g/mol. The molecular formula is C17H24N4O2. The van der Waals surface area contributed by atoms with E-state index >= 15 is 0 Å². The SMILES string of the molecule is Cc1cc([C@@H]2CCCN(C(=O)c3c(C)noc3C(C)C)C2)n[nH]1. The first-order valence-electron chi connectivity index (χ1n) is 8.24. The molecule has 0 spiro atoms. The standard InChI is InChI=1S/C17H24N4O2/c1-10(2)16-15(12(4)20-23-16)17(22)21-7-5-6-13(9-21)14-8-11(3)18-19-14/h8,10,13H,5-7,9H2,1-4H3,(H,18,19)/t13-/m1/s1. The molecule has 23 heavy (non-hydrogen) atoms. The number of aryl methyl sites for hydroxylation is 2. The van der Waals surface area contributed by atoms with Crippen LogP contribution in [0.2, 0.25) is 0 Å². The number of hydrogen-bond donors (Lipinski definition) is 1. The van der Waals surface area contributed by atoms with E-state index in [2.05, 4.69) is 21.4 Å². The summed E-state index contributed by atoms with van der Waals surface area (Å²) in [5.41, 5.74) is 3.42. The molecule has 2 aromatic rings. The van der Waals surface area contributed by atoms with Crippen LogP contribution in [0.1, 0.15) is 71.7 Å². The zero-order valence-corrected chi connectivity index (χ0v) is 14.2. The third-order valence-electron chi connectivity index (χ3n) is 4.48. The van der Waals surface area contributed by atoms with Crippen molar-refractivity contribution in [2.45, 2.75) is 52.4 Å². The Morgan fingerprint density at radius 2 is 2.22 bits per heavy atom. The Morgan fingerprint density at radius 3 is 2.87 bits per heavy atom. The molecule has 1 aliphatic heterocycles. The number of nitrogens with zero attached hydrogens (tertiary/aromatic N) is 3. The van der Waals surface area contributed by atoms with Gasteiger partial charge in [0.25, 0.3) is 5.91 Å². The van der Waals surface area contributed by atoms with Crippen LogP contribution in [-0.2, 0) is 0 Å². The Labute approximate surface area is 136 Å². The molecule has 1 N–H and O–H groups in total. The van der Waals surface area contributed by atoms with Crippen molar-refractivity contribution in [1.29, 1.82) is 0 Å². The number of likely N-dealkylation sites (tertiary alicyclic amines) is 1. The van der Waals surface area contributed by atoms with E-state index < -0.39 is 0 Å². The zero-order chi connectivity index (χ0) is 16.6. The molecule has 3 heterocycles.